The predicted molar refractivity (Wildman–Crippen MR) is 130 cm³/mol. The van der Waals surface area contributed by atoms with Gasteiger partial charge in [-0.3, -0.25) is 14.0 Å². The van der Waals surface area contributed by atoms with Gasteiger partial charge in [0.25, 0.3) is 0 Å². The zero-order chi connectivity index (χ0) is 23.1. The van der Waals surface area contributed by atoms with Crippen molar-refractivity contribution in [2.45, 2.75) is 45.8 Å². The van der Waals surface area contributed by atoms with Crippen molar-refractivity contribution in [2.75, 3.05) is 26.0 Å². The summed E-state index contributed by atoms with van der Waals surface area (Å²) in [5.74, 6) is 0.693. The first-order valence-electron chi connectivity index (χ1n) is 10.8. The third kappa shape index (κ3) is 6.51. The molecule has 0 saturated carbocycles. The van der Waals surface area contributed by atoms with E-state index in [0.717, 1.165) is 43.9 Å². The van der Waals surface area contributed by atoms with Gasteiger partial charge in [-0.15, -0.1) is 0 Å². The van der Waals surface area contributed by atoms with Gasteiger partial charge >= 0.3 is 0 Å². The fourth-order valence-electron chi connectivity index (χ4n) is 3.20. The van der Waals surface area contributed by atoms with E-state index in [9.17, 15) is 4.79 Å². The molecule has 1 aromatic carbocycles. The smallest absolute Gasteiger partial charge is 0.226 e. The SMILES string of the molecule is CCCCn1c(-c2ccc(Cl)cc2)nn(CCC(=O)Nc2cnn(CCN(C)C)c2)c1=S. The minimum atomic E-state index is -0.102. The number of aromatic nitrogens is 5. The fraction of sp³-hybridized carbons (Fsp3) is 0.455. The lowest BCUT2D eigenvalue weighted by atomic mass is 10.2. The highest BCUT2D eigenvalue weighted by molar-refractivity contribution is 7.71. The van der Waals surface area contributed by atoms with Gasteiger partial charge in [0.15, 0.2) is 10.6 Å². The van der Waals surface area contributed by atoms with Crippen LogP contribution in [0.15, 0.2) is 36.7 Å². The summed E-state index contributed by atoms with van der Waals surface area (Å²) < 4.78 is 6.20. The number of carbonyl (C=O) groups is 1. The standard InChI is InChI=1S/C22H30ClN7OS/c1-4-5-11-29-21(17-6-8-18(23)9-7-17)26-30(22(29)32)12-10-20(31)25-19-15-24-28(16-19)14-13-27(2)3/h6-9,15-16H,4-5,10-14H2,1-3H3,(H,25,31). The Kier molecular flexibility index (Phi) is 8.60. The fourth-order valence-corrected chi connectivity index (χ4v) is 3.64. The highest BCUT2D eigenvalue weighted by Crippen LogP contribution is 2.21. The van der Waals surface area contributed by atoms with E-state index >= 15 is 0 Å². The van der Waals surface area contributed by atoms with Crippen molar-refractivity contribution in [2.24, 2.45) is 0 Å². The summed E-state index contributed by atoms with van der Waals surface area (Å²) in [5, 5.41) is 12.6. The Morgan fingerprint density at radius 2 is 1.94 bits per heavy atom. The molecule has 0 aliphatic heterocycles. The van der Waals surface area contributed by atoms with Crippen LogP contribution in [0.4, 0.5) is 5.69 Å². The summed E-state index contributed by atoms with van der Waals surface area (Å²) >= 11 is 11.7. The van der Waals surface area contributed by atoms with Gasteiger partial charge in [-0.1, -0.05) is 24.9 Å². The molecular weight excluding hydrogens is 446 g/mol. The van der Waals surface area contributed by atoms with Gasteiger partial charge in [-0.25, -0.2) is 4.68 Å². The molecule has 8 nitrogen and oxygen atoms in total. The summed E-state index contributed by atoms with van der Waals surface area (Å²) in [6.07, 6.45) is 5.82. The highest BCUT2D eigenvalue weighted by atomic mass is 35.5. The van der Waals surface area contributed by atoms with E-state index in [1.807, 2.05) is 53.8 Å². The average Bonchev–Trinajstić information content (AvgIpc) is 3.34. The van der Waals surface area contributed by atoms with Gasteiger partial charge in [-0.2, -0.15) is 10.2 Å². The van der Waals surface area contributed by atoms with Gasteiger partial charge in [-0.05, 0) is 57.0 Å². The van der Waals surface area contributed by atoms with E-state index in [-0.39, 0.29) is 12.3 Å². The number of rotatable bonds is 11. The molecule has 10 heteroatoms. The minimum absolute atomic E-state index is 0.102. The number of aryl methyl sites for hydroxylation is 1. The Balaban J connectivity index is 1.67. The Bertz CT molecular complexity index is 1080. The maximum atomic E-state index is 12.5. The molecule has 32 heavy (non-hydrogen) atoms. The Morgan fingerprint density at radius 1 is 1.19 bits per heavy atom. The number of halogens is 1. The number of carbonyl (C=O) groups excluding carboxylic acids is 1. The van der Waals surface area contributed by atoms with Gasteiger partial charge in [0.2, 0.25) is 5.91 Å². The number of nitrogens with zero attached hydrogens (tertiary/aromatic N) is 6. The largest absolute Gasteiger partial charge is 0.323 e. The number of hydrogen-bond acceptors (Lipinski definition) is 5. The van der Waals surface area contributed by atoms with Crippen LogP contribution < -0.4 is 5.32 Å². The Labute approximate surface area is 198 Å². The quantitative estimate of drug-likeness (QED) is 0.418. The van der Waals surface area contributed by atoms with Crippen molar-refractivity contribution in [3.05, 3.63) is 46.5 Å². The lowest BCUT2D eigenvalue weighted by molar-refractivity contribution is -0.116. The van der Waals surface area contributed by atoms with Gasteiger partial charge in [0.1, 0.15) is 0 Å². The number of anilines is 1. The molecular formula is C22H30ClN7OS. The van der Waals surface area contributed by atoms with Crippen LogP contribution in [0.5, 0.6) is 0 Å². The second-order valence-corrected chi connectivity index (χ2v) is 8.74. The summed E-state index contributed by atoms with van der Waals surface area (Å²) in [6.45, 7) is 4.97. The van der Waals surface area contributed by atoms with Crippen LogP contribution in [0.25, 0.3) is 11.4 Å². The van der Waals surface area contributed by atoms with Crippen molar-refractivity contribution in [1.29, 1.82) is 0 Å². The van der Waals surface area contributed by atoms with E-state index in [4.69, 9.17) is 28.9 Å². The van der Waals surface area contributed by atoms with E-state index in [0.29, 0.717) is 22.0 Å². The number of unbranched alkanes of at least 4 members (excludes halogenated alkanes) is 1. The summed E-state index contributed by atoms with van der Waals surface area (Å²) in [4.78, 5) is 14.6. The van der Waals surface area contributed by atoms with Crippen LogP contribution in [-0.2, 0) is 24.4 Å². The molecule has 2 heterocycles. The van der Waals surface area contributed by atoms with E-state index in [1.165, 1.54) is 0 Å². The number of nitrogens with one attached hydrogen (secondary N) is 1. The van der Waals surface area contributed by atoms with Crippen LogP contribution in [-0.4, -0.2) is 55.6 Å². The summed E-state index contributed by atoms with van der Waals surface area (Å²) in [7, 11) is 4.03. The van der Waals surface area contributed by atoms with Crippen LogP contribution in [0.3, 0.4) is 0 Å². The molecule has 0 saturated heterocycles. The zero-order valence-electron chi connectivity index (χ0n) is 18.8. The first-order chi connectivity index (χ1) is 15.4. The molecule has 0 atom stereocenters. The summed E-state index contributed by atoms with van der Waals surface area (Å²) in [6, 6.07) is 7.56. The van der Waals surface area contributed by atoms with Gasteiger partial charge in [0.05, 0.1) is 25.0 Å². The van der Waals surface area contributed by atoms with Crippen molar-refractivity contribution in [1.82, 2.24) is 29.0 Å². The molecule has 0 aliphatic rings. The monoisotopic (exact) mass is 475 g/mol. The van der Waals surface area contributed by atoms with Gasteiger partial charge < -0.3 is 10.2 Å². The number of benzene rings is 1. The zero-order valence-corrected chi connectivity index (χ0v) is 20.4. The van der Waals surface area contributed by atoms with E-state index in [1.54, 1.807) is 10.9 Å². The number of likely N-dealkylation sites (N-methyl/N-ethyl adjacent to an activating group) is 1. The third-order valence-electron chi connectivity index (χ3n) is 5.00. The normalized spacial score (nSPS) is 11.3. The molecule has 0 radical (unpaired) electrons. The molecule has 1 N–H and O–H groups in total. The lowest BCUT2D eigenvalue weighted by Gasteiger charge is -2.08. The Hall–Kier alpha value is -2.49. The van der Waals surface area contributed by atoms with Crippen molar-refractivity contribution in [3.63, 3.8) is 0 Å². The van der Waals surface area contributed by atoms with Crippen molar-refractivity contribution < 1.29 is 4.79 Å². The lowest BCUT2D eigenvalue weighted by Crippen LogP contribution is -2.18. The highest BCUT2D eigenvalue weighted by Gasteiger charge is 2.14. The first kappa shape index (κ1) is 24.2. The van der Waals surface area contributed by atoms with Crippen LogP contribution in [0.2, 0.25) is 5.02 Å². The molecule has 172 valence electrons. The molecule has 2 aromatic heterocycles. The summed E-state index contributed by atoms with van der Waals surface area (Å²) in [5.41, 5.74) is 1.64. The number of amides is 1. The third-order valence-corrected chi connectivity index (χ3v) is 5.69. The maximum absolute atomic E-state index is 12.5. The van der Waals surface area contributed by atoms with Crippen molar-refractivity contribution >= 4 is 35.4 Å². The van der Waals surface area contributed by atoms with E-state index < -0.39 is 0 Å². The first-order valence-corrected chi connectivity index (χ1v) is 11.6. The van der Waals surface area contributed by atoms with Crippen LogP contribution >= 0.6 is 23.8 Å². The second-order valence-electron chi connectivity index (χ2n) is 7.93. The van der Waals surface area contributed by atoms with E-state index in [2.05, 4.69) is 22.2 Å². The molecule has 1 amide bonds. The molecule has 0 bridgehead atoms. The maximum Gasteiger partial charge on any atom is 0.226 e. The topological polar surface area (TPSA) is 72.9 Å². The molecule has 3 aromatic rings. The minimum Gasteiger partial charge on any atom is -0.323 e. The molecule has 0 fully saturated rings. The van der Waals surface area contributed by atoms with Crippen molar-refractivity contribution in [3.8, 4) is 11.4 Å². The molecule has 0 spiro atoms. The molecule has 0 aliphatic carbocycles. The van der Waals surface area contributed by atoms with Crippen LogP contribution in [0.1, 0.15) is 26.2 Å². The number of hydrogen-bond donors (Lipinski definition) is 1. The Morgan fingerprint density at radius 3 is 2.62 bits per heavy atom. The van der Waals surface area contributed by atoms with Gasteiger partial charge in [0, 0.05) is 36.3 Å². The molecule has 0 unspecified atom stereocenters. The second kappa shape index (κ2) is 11.4. The van der Waals surface area contributed by atoms with Crippen LogP contribution in [0, 0.1) is 4.77 Å². The predicted octanol–water partition coefficient (Wildman–Crippen LogP) is 4.32. The molecule has 3 rings (SSSR count). The average molecular weight is 476 g/mol.